The summed E-state index contributed by atoms with van der Waals surface area (Å²) in [6, 6.07) is 19.5. The van der Waals surface area contributed by atoms with Gasteiger partial charge in [-0.25, -0.2) is 0 Å². The fourth-order valence-corrected chi connectivity index (χ4v) is 4.32. The lowest BCUT2D eigenvalue weighted by molar-refractivity contribution is 0.145. The standard InChI is InChI=1S/C23H27N3/c1-17-10-6-8-12-20(17)25-14-15-26(18(25)2)23(3,4)22-16-19-11-7-9-13-21(19)24(22)5/h6-16,18H,1-5H3/t18-/m1/s1. The molecule has 0 spiro atoms. The lowest BCUT2D eigenvalue weighted by Gasteiger charge is -2.42. The second-order valence-electron chi connectivity index (χ2n) is 7.74. The first-order chi connectivity index (χ1) is 12.4. The van der Waals surface area contributed by atoms with Crippen LogP contribution < -0.4 is 4.90 Å². The topological polar surface area (TPSA) is 11.4 Å². The molecule has 0 amide bonds. The van der Waals surface area contributed by atoms with Crippen molar-refractivity contribution in [3.8, 4) is 0 Å². The van der Waals surface area contributed by atoms with Gasteiger partial charge in [-0.2, -0.15) is 0 Å². The number of rotatable bonds is 3. The highest BCUT2D eigenvalue weighted by atomic mass is 15.4. The van der Waals surface area contributed by atoms with E-state index in [-0.39, 0.29) is 11.7 Å². The van der Waals surface area contributed by atoms with Gasteiger partial charge in [-0.15, -0.1) is 0 Å². The molecule has 0 aliphatic carbocycles. The number of para-hydroxylation sites is 2. The Labute approximate surface area is 156 Å². The Morgan fingerprint density at radius 3 is 2.35 bits per heavy atom. The number of hydrogen-bond donors (Lipinski definition) is 0. The number of nitrogens with zero attached hydrogens (tertiary/aromatic N) is 3. The SMILES string of the molecule is Cc1ccccc1N1C=CN(C(C)(C)c2cc3ccccc3n2C)[C@@H]1C. The Kier molecular flexibility index (Phi) is 3.83. The van der Waals surface area contributed by atoms with Crippen molar-refractivity contribution in [2.45, 2.75) is 39.4 Å². The highest BCUT2D eigenvalue weighted by molar-refractivity contribution is 5.81. The summed E-state index contributed by atoms with van der Waals surface area (Å²) in [6.07, 6.45) is 4.69. The Bertz CT molecular complexity index is 980. The minimum atomic E-state index is -0.124. The molecule has 3 heteroatoms. The number of aryl methyl sites for hydroxylation is 2. The third-order valence-electron chi connectivity index (χ3n) is 5.81. The maximum absolute atomic E-state index is 2.45. The minimum absolute atomic E-state index is 0.124. The van der Waals surface area contributed by atoms with E-state index in [0.29, 0.717) is 0 Å². The van der Waals surface area contributed by atoms with Crippen LogP contribution in [0.1, 0.15) is 32.0 Å². The summed E-state index contributed by atoms with van der Waals surface area (Å²) >= 11 is 0. The summed E-state index contributed by atoms with van der Waals surface area (Å²) in [4.78, 5) is 4.81. The number of hydrogen-bond acceptors (Lipinski definition) is 2. The van der Waals surface area contributed by atoms with Crippen molar-refractivity contribution in [2.24, 2.45) is 7.05 Å². The third-order valence-corrected chi connectivity index (χ3v) is 5.81. The minimum Gasteiger partial charge on any atom is -0.346 e. The normalized spacial score (nSPS) is 17.5. The fourth-order valence-electron chi connectivity index (χ4n) is 4.32. The molecule has 0 radical (unpaired) electrons. The molecule has 1 aliphatic heterocycles. The predicted octanol–water partition coefficient (Wildman–Crippen LogP) is 5.36. The first kappa shape index (κ1) is 16.8. The number of fused-ring (bicyclic) bond motifs is 1. The molecule has 4 rings (SSSR count). The average Bonchev–Trinajstić information content (AvgIpc) is 3.17. The van der Waals surface area contributed by atoms with Crippen LogP contribution in [0.15, 0.2) is 67.0 Å². The van der Waals surface area contributed by atoms with Gasteiger partial charge in [0.15, 0.2) is 0 Å². The number of anilines is 1. The van der Waals surface area contributed by atoms with E-state index in [1.807, 2.05) is 0 Å². The lowest BCUT2D eigenvalue weighted by atomic mass is 9.97. The van der Waals surface area contributed by atoms with Crippen LogP contribution in [-0.4, -0.2) is 15.6 Å². The highest BCUT2D eigenvalue weighted by Gasteiger charge is 2.37. The smallest absolute Gasteiger partial charge is 0.103 e. The van der Waals surface area contributed by atoms with Crippen LogP contribution in [0.5, 0.6) is 0 Å². The molecule has 1 atom stereocenters. The summed E-state index contributed by atoms with van der Waals surface area (Å²) in [5, 5.41) is 1.30. The van der Waals surface area contributed by atoms with Gasteiger partial charge in [0.25, 0.3) is 0 Å². The van der Waals surface area contributed by atoms with Crippen LogP contribution in [0, 0.1) is 6.92 Å². The maximum Gasteiger partial charge on any atom is 0.103 e. The molecule has 26 heavy (non-hydrogen) atoms. The predicted molar refractivity (Wildman–Crippen MR) is 110 cm³/mol. The molecular formula is C23H27N3. The van der Waals surface area contributed by atoms with Crippen LogP contribution in [0.3, 0.4) is 0 Å². The molecule has 3 aromatic rings. The summed E-state index contributed by atoms with van der Waals surface area (Å²) in [7, 11) is 2.17. The van der Waals surface area contributed by atoms with Gasteiger partial charge in [-0.1, -0.05) is 36.4 Å². The van der Waals surface area contributed by atoms with Crippen molar-refractivity contribution in [2.75, 3.05) is 4.90 Å². The molecular weight excluding hydrogens is 318 g/mol. The van der Waals surface area contributed by atoms with Crippen LogP contribution >= 0.6 is 0 Å². The van der Waals surface area contributed by atoms with Gasteiger partial charge in [0.2, 0.25) is 0 Å². The van der Waals surface area contributed by atoms with Gasteiger partial charge in [0, 0.05) is 36.3 Å². The van der Waals surface area contributed by atoms with Gasteiger partial charge in [-0.05, 0) is 56.8 Å². The van der Waals surface area contributed by atoms with E-state index in [4.69, 9.17) is 0 Å². The Balaban J connectivity index is 1.71. The quantitative estimate of drug-likeness (QED) is 0.633. The molecule has 3 nitrogen and oxygen atoms in total. The largest absolute Gasteiger partial charge is 0.346 e. The molecule has 0 fully saturated rings. The monoisotopic (exact) mass is 345 g/mol. The molecule has 1 aromatic heterocycles. The Hall–Kier alpha value is -2.68. The van der Waals surface area contributed by atoms with E-state index in [1.54, 1.807) is 0 Å². The van der Waals surface area contributed by atoms with E-state index in [2.05, 4.69) is 116 Å². The molecule has 0 bridgehead atoms. The highest BCUT2D eigenvalue weighted by Crippen LogP contribution is 2.38. The van der Waals surface area contributed by atoms with Gasteiger partial charge >= 0.3 is 0 Å². The zero-order valence-corrected chi connectivity index (χ0v) is 16.3. The van der Waals surface area contributed by atoms with E-state index >= 15 is 0 Å². The summed E-state index contributed by atoms with van der Waals surface area (Å²) in [5.41, 5.74) is 5.05. The summed E-state index contributed by atoms with van der Waals surface area (Å²) in [6.45, 7) is 9.07. The molecule has 2 aromatic carbocycles. The number of aromatic nitrogens is 1. The van der Waals surface area contributed by atoms with Gasteiger partial charge in [-0.3, -0.25) is 0 Å². The zero-order valence-electron chi connectivity index (χ0n) is 16.3. The van der Waals surface area contributed by atoms with Crippen molar-refractivity contribution in [1.29, 1.82) is 0 Å². The Morgan fingerprint density at radius 2 is 1.62 bits per heavy atom. The van der Waals surface area contributed by atoms with Gasteiger partial charge < -0.3 is 14.4 Å². The van der Waals surface area contributed by atoms with Crippen LogP contribution in [0.25, 0.3) is 10.9 Å². The molecule has 0 N–H and O–H groups in total. The second-order valence-corrected chi connectivity index (χ2v) is 7.74. The fraction of sp³-hybridized carbons (Fsp3) is 0.304. The second kappa shape index (κ2) is 5.94. The van der Waals surface area contributed by atoms with Crippen molar-refractivity contribution in [3.63, 3.8) is 0 Å². The van der Waals surface area contributed by atoms with Crippen LogP contribution in [0.4, 0.5) is 5.69 Å². The lowest BCUT2D eigenvalue weighted by Crippen LogP contribution is -2.47. The maximum atomic E-state index is 2.45. The summed E-state index contributed by atoms with van der Waals surface area (Å²) in [5.74, 6) is 0. The first-order valence-corrected chi connectivity index (χ1v) is 9.27. The molecule has 2 heterocycles. The molecule has 1 aliphatic rings. The molecule has 0 unspecified atom stereocenters. The van der Waals surface area contributed by atoms with E-state index in [1.165, 1.54) is 27.8 Å². The average molecular weight is 345 g/mol. The summed E-state index contributed by atoms with van der Waals surface area (Å²) < 4.78 is 2.33. The van der Waals surface area contributed by atoms with Crippen molar-refractivity contribution in [1.82, 2.24) is 9.47 Å². The van der Waals surface area contributed by atoms with Crippen LogP contribution in [-0.2, 0) is 12.6 Å². The van der Waals surface area contributed by atoms with Crippen molar-refractivity contribution in [3.05, 3.63) is 78.3 Å². The number of benzene rings is 2. The van der Waals surface area contributed by atoms with E-state index < -0.39 is 0 Å². The zero-order chi connectivity index (χ0) is 18.5. The Morgan fingerprint density at radius 1 is 0.923 bits per heavy atom. The molecule has 134 valence electrons. The van der Waals surface area contributed by atoms with Gasteiger partial charge in [0.05, 0.1) is 5.54 Å². The van der Waals surface area contributed by atoms with Crippen molar-refractivity contribution >= 4 is 16.6 Å². The first-order valence-electron chi connectivity index (χ1n) is 9.27. The third kappa shape index (κ3) is 2.42. The van der Waals surface area contributed by atoms with E-state index in [9.17, 15) is 0 Å². The molecule has 0 saturated carbocycles. The van der Waals surface area contributed by atoms with Gasteiger partial charge in [0.1, 0.15) is 6.17 Å². The molecule has 0 saturated heterocycles. The van der Waals surface area contributed by atoms with Crippen molar-refractivity contribution < 1.29 is 0 Å². The van der Waals surface area contributed by atoms with Crippen LogP contribution in [0.2, 0.25) is 0 Å². The van der Waals surface area contributed by atoms with E-state index in [0.717, 1.165) is 0 Å².